The van der Waals surface area contributed by atoms with Crippen LogP contribution in [-0.2, 0) is 47.8 Å². The molecule has 0 aliphatic rings. The van der Waals surface area contributed by atoms with Gasteiger partial charge in [0, 0.05) is 40.4 Å². The lowest BCUT2D eigenvalue weighted by Crippen LogP contribution is -2.44. The summed E-state index contributed by atoms with van der Waals surface area (Å²) in [7, 11) is 2.94. The Hall–Kier alpha value is -3.00. The lowest BCUT2D eigenvalue weighted by atomic mass is 9.90. The second-order valence-electron chi connectivity index (χ2n) is 8.34. The number of ether oxygens (including phenoxy) is 2. The fourth-order valence-corrected chi connectivity index (χ4v) is 1.92. The van der Waals surface area contributed by atoms with E-state index in [2.05, 4.69) is 9.47 Å². The third-order valence-corrected chi connectivity index (χ3v) is 4.65. The van der Waals surface area contributed by atoms with Crippen LogP contribution < -0.4 is 5.11 Å². The van der Waals surface area contributed by atoms with Crippen LogP contribution in [0.15, 0.2) is 0 Å². The molecule has 0 radical (unpaired) electrons. The largest absolute Gasteiger partial charge is 0.542 e. The van der Waals surface area contributed by atoms with E-state index in [0.29, 0.717) is 12.8 Å². The summed E-state index contributed by atoms with van der Waals surface area (Å²) in [5, 5.41) is 27.8. The molecule has 2 N–H and O–H groups in total. The molecule has 13 heteroatoms. The van der Waals surface area contributed by atoms with Crippen LogP contribution in [0.2, 0.25) is 0 Å². The molecule has 0 saturated carbocycles. The van der Waals surface area contributed by atoms with Crippen molar-refractivity contribution in [3.05, 3.63) is 0 Å². The summed E-state index contributed by atoms with van der Waals surface area (Å²) in [6.07, 6.45) is 1.04. The number of ketones is 7. The Morgan fingerprint density at radius 2 is 1.07 bits per heavy atom. The number of carbonyl (C=O) groups is 8. The topological polar surface area (TPSA) is 219 Å². The first kappa shape index (κ1) is 46.8. The van der Waals surface area contributed by atoms with Crippen molar-refractivity contribution in [2.45, 2.75) is 99.2 Å². The second kappa shape index (κ2) is 26.2. The smallest absolute Gasteiger partial charge is 0.198 e. The predicted molar refractivity (Wildman–Crippen MR) is 143 cm³/mol. The Labute approximate surface area is 236 Å². The molecule has 0 aliphatic heterocycles. The van der Waals surface area contributed by atoms with Crippen LogP contribution in [0.3, 0.4) is 0 Å². The van der Waals surface area contributed by atoms with Gasteiger partial charge in [-0.05, 0) is 34.1 Å². The van der Waals surface area contributed by atoms with Gasteiger partial charge < -0.3 is 29.6 Å². The summed E-state index contributed by atoms with van der Waals surface area (Å²) < 4.78 is 9.05. The number of aliphatic carboxylic acids is 1. The monoisotopic (exact) mass is 579 g/mol. The first-order valence-electron chi connectivity index (χ1n) is 12.4. The average molecular weight is 580 g/mol. The number of carbonyl (C=O) groups excluding carboxylic acids is 8. The van der Waals surface area contributed by atoms with E-state index in [9.17, 15) is 48.6 Å². The molecular weight excluding hydrogens is 532 g/mol. The SMILES string of the molecule is CC(=O)C(=O)[O-].CCC(=O)C(=O)CC.CCC(=O)C(O)(CC)C(C)=O.COCC(C)(O)C(C)=O.COCC(C)=O. The van der Waals surface area contributed by atoms with Gasteiger partial charge in [-0.25, -0.2) is 0 Å². The van der Waals surface area contributed by atoms with E-state index >= 15 is 0 Å². The van der Waals surface area contributed by atoms with E-state index in [-0.39, 0.29) is 49.2 Å². The van der Waals surface area contributed by atoms with Gasteiger partial charge in [0.05, 0.1) is 6.61 Å². The quantitative estimate of drug-likeness (QED) is 0.220. The minimum Gasteiger partial charge on any atom is -0.542 e. The Balaban J connectivity index is -0.000000130. The van der Waals surface area contributed by atoms with Crippen molar-refractivity contribution in [3.63, 3.8) is 0 Å². The second-order valence-corrected chi connectivity index (χ2v) is 8.34. The molecule has 0 aromatic rings. The van der Waals surface area contributed by atoms with Crippen molar-refractivity contribution >= 4 is 46.5 Å². The Morgan fingerprint density at radius 3 is 1.15 bits per heavy atom. The Morgan fingerprint density at radius 1 is 0.700 bits per heavy atom. The lowest BCUT2D eigenvalue weighted by molar-refractivity contribution is -0.299. The first-order chi connectivity index (χ1) is 18.1. The highest BCUT2D eigenvalue weighted by atomic mass is 16.5. The van der Waals surface area contributed by atoms with E-state index in [1.807, 2.05) is 0 Å². The molecule has 0 heterocycles. The molecular formula is C27H47O13-. The number of methoxy groups -OCH3 is 2. The molecule has 0 spiro atoms. The molecule has 2 unspecified atom stereocenters. The molecule has 0 rings (SSSR count). The zero-order chi connectivity index (χ0) is 33.3. The molecule has 0 aromatic heterocycles. The van der Waals surface area contributed by atoms with Gasteiger partial charge in [-0.3, -0.25) is 33.6 Å². The van der Waals surface area contributed by atoms with Gasteiger partial charge in [0.25, 0.3) is 0 Å². The van der Waals surface area contributed by atoms with Crippen molar-refractivity contribution in [1.29, 1.82) is 0 Å². The number of aliphatic hydroxyl groups is 2. The molecule has 2 atom stereocenters. The molecule has 0 bridgehead atoms. The van der Waals surface area contributed by atoms with E-state index in [0.717, 1.165) is 6.92 Å². The van der Waals surface area contributed by atoms with E-state index < -0.39 is 34.5 Å². The van der Waals surface area contributed by atoms with Crippen molar-refractivity contribution in [2.75, 3.05) is 27.4 Å². The number of carboxylic acid groups (broad SMARTS) is 1. The molecule has 0 aromatic carbocycles. The zero-order valence-corrected chi connectivity index (χ0v) is 25.6. The third-order valence-electron chi connectivity index (χ3n) is 4.65. The maximum atomic E-state index is 11.0. The maximum absolute atomic E-state index is 11.0. The van der Waals surface area contributed by atoms with Crippen molar-refractivity contribution < 1.29 is 63.1 Å². The highest BCUT2D eigenvalue weighted by molar-refractivity contribution is 6.36. The van der Waals surface area contributed by atoms with E-state index in [1.54, 1.807) is 27.7 Å². The summed E-state index contributed by atoms with van der Waals surface area (Å²) in [5.41, 5.74) is -3.04. The number of carboxylic acids is 1. The molecule has 234 valence electrons. The number of hydrogen-bond donors (Lipinski definition) is 2. The molecule has 0 saturated heterocycles. The van der Waals surface area contributed by atoms with Crippen LogP contribution in [0.5, 0.6) is 0 Å². The van der Waals surface area contributed by atoms with Crippen LogP contribution in [0, 0.1) is 0 Å². The molecule has 0 amide bonds. The van der Waals surface area contributed by atoms with Crippen molar-refractivity contribution in [3.8, 4) is 0 Å². The molecule has 0 aliphatic carbocycles. The van der Waals surface area contributed by atoms with Crippen LogP contribution in [-0.4, -0.2) is 95.3 Å². The van der Waals surface area contributed by atoms with E-state index in [1.165, 1.54) is 41.9 Å². The highest BCUT2D eigenvalue weighted by Gasteiger charge is 2.37. The number of Topliss-reactive ketones (excluding diaryl/α,β-unsaturated/α-hetero) is 7. The van der Waals surface area contributed by atoms with Gasteiger partial charge in [0.2, 0.25) is 0 Å². The molecule has 0 fully saturated rings. The van der Waals surface area contributed by atoms with Crippen LogP contribution in [0.1, 0.15) is 88.0 Å². The predicted octanol–water partition coefficient (Wildman–Crippen LogP) is 0.160. The van der Waals surface area contributed by atoms with E-state index in [4.69, 9.17) is 5.11 Å². The van der Waals surface area contributed by atoms with Gasteiger partial charge in [-0.15, -0.1) is 0 Å². The summed E-state index contributed by atoms with van der Waals surface area (Å²) in [6.45, 7) is 13.3. The van der Waals surface area contributed by atoms with Crippen LogP contribution in [0.4, 0.5) is 0 Å². The lowest BCUT2D eigenvalue weighted by Gasteiger charge is -2.20. The average Bonchev–Trinajstić information content (AvgIpc) is 2.87. The van der Waals surface area contributed by atoms with Gasteiger partial charge in [-0.2, -0.15) is 0 Å². The van der Waals surface area contributed by atoms with Gasteiger partial charge in [0.15, 0.2) is 46.1 Å². The summed E-state index contributed by atoms with van der Waals surface area (Å²) in [4.78, 5) is 81.8. The number of hydrogen-bond acceptors (Lipinski definition) is 13. The Kier molecular flexibility index (Phi) is 30.7. The normalized spacial score (nSPS) is 12.2. The minimum atomic E-state index is -1.73. The minimum absolute atomic E-state index is 0.0579. The maximum Gasteiger partial charge on any atom is 0.198 e. The van der Waals surface area contributed by atoms with Gasteiger partial charge in [-0.1, -0.05) is 27.7 Å². The summed E-state index contributed by atoms with van der Waals surface area (Å²) in [6, 6.07) is 0. The third kappa shape index (κ3) is 26.6. The fraction of sp³-hybridized carbons (Fsp3) is 0.704. The summed E-state index contributed by atoms with van der Waals surface area (Å²) >= 11 is 0. The van der Waals surface area contributed by atoms with Gasteiger partial charge >= 0.3 is 0 Å². The summed E-state index contributed by atoms with van der Waals surface area (Å²) in [5.74, 6) is -4.15. The fourth-order valence-electron chi connectivity index (χ4n) is 1.92. The number of rotatable bonds is 13. The van der Waals surface area contributed by atoms with Gasteiger partial charge in [0.1, 0.15) is 18.2 Å². The van der Waals surface area contributed by atoms with Crippen molar-refractivity contribution in [1.82, 2.24) is 0 Å². The zero-order valence-electron chi connectivity index (χ0n) is 25.6. The standard InChI is InChI=1S/C8H14O3.C6H12O3.C6H10O2.C4H8O2.C3H4O3/c1-4-7(10)8(11,5-2)6(3)9;1-5(7)6(2,8)4-9-3;1-3-5(7)6(8)4-2;1-4(5)3-6-2;1-2(4)3(5)6/h11H,4-5H2,1-3H3;8H,4H2,1-3H3;3-4H2,1-2H3;3H2,1-2H3;1H3,(H,5,6)/p-1. The Bertz CT molecular complexity index is 802. The van der Waals surface area contributed by atoms with Crippen LogP contribution in [0.25, 0.3) is 0 Å². The van der Waals surface area contributed by atoms with Crippen molar-refractivity contribution in [2.24, 2.45) is 0 Å². The first-order valence-corrected chi connectivity index (χ1v) is 12.4. The van der Waals surface area contributed by atoms with Crippen LogP contribution >= 0.6 is 0 Å². The molecule has 13 nitrogen and oxygen atoms in total. The highest BCUT2D eigenvalue weighted by Crippen LogP contribution is 2.14. The molecule has 40 heavy (non-hydrogen) atoms.